The van der Waals surface area contributed by atoms with E-state index in [4.69, 9.17) is 14.4 Å². The van der Waals surface area contributed by atoms with Gasteiger partial charge in [-0.15, -0.1) is 0 Å². The van der Waals surface area contributed by atoms with Gasteiger partial charge in [0.1, 0.15) is 11.8 Å². The van der Waals surface area contributed by atoms with Crippen molar-refractivity contribution in [2.45, 2.75) is 45.3 Å². The highest BCUT2D eigenvalue weighted by atomic mass is 16.5. The molecule has 32 heavy (non-hydrogen) atoms. The maximum absolute atomic E-state index is 9.40. The minimum absolute atomic E-state index is 0.00290. The van der Waals surface area contributed by atoms with Crippen LogP contribution in [0.3, 0.4) is 0 Å². The lowest BCUT2D eigenvalue weighted by Crippen LogP contribution is -2.47. The number of likely N-dealkylation sites (N-methyl/N-ethyl adjacent to an activating group) is 1. The Hall–Kier alpha value is -3.21. The molecule has 1 aliphatic heterocycles. The molecule has 7 nitrogen and oxygen atoms in total. The van der Waals surface area contributed by atoms with Gasteiger partial charge in [-0.25, -0.2) is 0 Å². The largest absolute Gasteiger partial charge is 0.490 e. The number of fused-ring (bicyclic) bond motifs is 1. The summed E-state index contributed by atoms with van der Waals surface area (Å²) in [6, 6.07) is 13.8. The van der Waals surface area contributed by atoms with Crippen molar-refractivity contribution < 1.29 is 14.4 Å². The Balaban J connectivity index is 0.000000354. The summed E-state index contributed by atoms with van der Waals surface area (Å²) in [6.07, 6.45) is 3.30. The summed E-state index contributed by atoms with van der Waals surface area (Å²) in [5.74, 6) is 1.56. The highest BCUT2D eigenvalue weighted by molar-refractivity contribution is 5.66. The molecule has 5 rings (SSSR count). The van der Waals surface area contributed by atoms with E-state index in [1.54, 1.807) is 12.1 Å². The third-order valence-corrected chi connectivity index (χ3v) is 5.57. The van der Waals surface area contributed by atoms with Crippen molar-refractivity contribution in [1.82, 2.24) is 15.0 Å². The van der Waals surface area contributed by atoms with Crippen LogP contribution in [0.2, 0.25) is 0 Å². The van der Waals surface area contributed by atoms with E-state index in [9.17, 15) is 5.26 Å². The molecule has 166 valence electrons. The standard InChI is InChI=1S/C21H19N3O2.C4H9NO/c1-13(2)25-19-10-9-15(11-16(19)12-22)21-23-20(24-26-21)18-8-4-6-14-5-3-7-17(14)18;1-5-2-4(6)3-5/h4,6,8-11,13H,3,5,7H2,1-2H3;4,6H,2-3H2,1H3. The van der Waals surface area contributed by atoms with Crippen LogP contribution < -0.4 is 4.74 Å². The van der Waals surface area contributed by atoms with Gasteiger partial charge in [-0.1, -0.05) is 23.4 Å². The Morgan fingerprint density at radius 3 is 2.69 bits per heavy atom. The smallest absolute Gasteiger partial charge is 0.258 e. The van der Waals surface area contributed by atoms with Gasteiger partial charge in [0, 0.05) is 24.2 Å². The predicted molar refractivity (Wildman–Crippen MR) is 121 cm³/mol. The van der Waals surface area contributed by atoms with E-state index >= 15 is 0 Å². The van der Waals surface area contributed by atoms with Gasteiger partial charge < -0.3 is 19.3 Å². The van der Waals surface area contributed by atoms with E-state index in [0.29, 0.717) is 28.6 Å². The first kappa shape index (κ1) is 22.0. The molecule has 0 saturated carbocycles. The van der Waals surface area contributed by atoms with E-state index < -0.39 is 0 Å². The first-order chi connectivity index (χ1) is 15.4. The van der Waals surface area contributed by atoms with Crippen molar-refractivity contribution in [2.24, 2.45) is 0 Å². The van der Waals surface area contributed by atoms with Crippen molar-refractivity contribution in [2.75, 3.05) is 20.1 Å². The topological polar surface area (TPSA) is 95.4 Å². The van der Waals surface area contributed by atoms with Crippen LogP contribution in [0.25, 0.3) is 22.8 Å². The molecule has 2 aromatic carbocycles. The molecule has 1 aromatic heterocycles. The first-order valence-electron chi connectivity index (χ1n) is 11.0. The monoisotopic (exact) mass is 432 g/mol. The number of likely N-dealkylation sites (tertiary alicyclic amines) is 1. The van der Waals surface area contributed by atoms with Gasteiger partial charge in [0.25, 0.3) is 5.89 Å². The summed E-state index contributed by atoms with van der Waals surface area (Å²) in [6.45, 7) is 5.58. The SMILES string of the molecule is CC(C)Oc1ccc(-c2nc(-c3cccc4c3CCC4)no2)cc1C#N.CN1CC(O)C1. The third-order valence-electron chi connectivity index (χ3n) is 5.57. The fourth-order valence-corrected chi connectivity index (χ4v) is 4.05. The molecule has 1 fully saturated rings. The van der Waals surface area contributed by atoms with Gasteiger partial charge in [0.15, 0.2) is 0 Å². The average molecular weight is 433 g/mol. The van der Waals surface area contributed by atoms with E-state index in [1.165, 1.54) is 17.5 Å². The molecule has 1 N–H and O–H groups in total. The molecule has 1 aliphatic carbocycles. The summed E-state index contributed by atoms with van der Waals surface area (Å²) in [5.41, 5.74) is 4.89. The molecule has 0 radical (unpaired) electrons. The van der Waals surface area contributed by atoms with Gasteiger partial charge in [-0.2, -0.15) is 10.2 Å². The molecular weight excluding hydrogens is 404 g/mol. The van der Waals surface area contributed by atoms with Gasteiger partial charge in [-0.3, -0.25) is 0 Å². The van der Waals surface area contributed by atoms with E-state index in [0.717, 1.165) is 31.5 Å². The van der Waals surface area contributed by atoms with E-state index in [2.05, 4.69) is 27.2 Å². The number of rotatable bonds is 4. The number of benzene rings is 2. The second-order valence-corrected chi connectivity index (χ2v) is 8.58. The Morgan fingerprint density at radius 2 is 2.03 bits per heavy atom. The molecule has 0 unspecified atom stereocenters. The van der Waals surface area contributed by atoms with Gasteiger partial charge in [-0.05, 0) is 69.5 Å². The van der Waals surface area contributed by atoms with Crippen LogP contribution in [0.15, 0.2) is 40.9 Å². The van der Waals surface area contributed by atoms with Crippen LogP contribution in [-0.4, -0.2) is 52.5 Å². The summed E-state index contributed by atoms with van der Waals surface area (Å²) in [5, 5.41) is 22.1. The van der Waals surface area contributed by atoms with Crippen molar-refractivity contribution >= 4 is 0 Å². The second kappa shape index (κ2) is 9.51. The predicted octanol–water partition coefficient (Wildman–Crippen LogP) is 3.84. The number of hydrogen-bond acceptors (Lipinski definition) is 7. The fraction of sp³-hybridized carbons (Fsp3) is 0.400. The quantitative estimate of drug-likeness (QED) is 0.669. The molecule has 3 aromatic rings. The number of aryl methyl sites for hydroxylation is 1. The Morgan fingerprint density at radius 1 is 1.22 bits per heavy atom. The number of nitriles is 1. The van der Waals surface area contributed by atoms with Gasteiger partial charge >= 0.3 is 0 Å². The zero-order valence-corrected chi connectivity index (χ0v) is 18.7. The molecule has 7 heteroatoms. The van der Waals surface area contributed by atoms with Crippen molar-refractivity contribution in [3.8, 4) is 34.7 Å². The molecular formula is C25H28N4O3. The Kier molecular flexibility index (Phi) is 6.54. The molecule has 2 aliphatic rings. The zero-order valence-electron chi connectivity index (χ0n) is 18.7. The Bertz CT molecular complexity index is 1120. The molecule has 0 atom stereocenters. The van der Waals surface area contributed by atoms with E-state index in [-0.39, 0.29) is 12.2 Å². The number of β-amino-alcohol motifs (C(OH)–C–C–N with tert-alkyl or cyclic N) is 1. The lowest BCUT2D eigenvalue weighted by atomic mass is 10.0. The van der Waals surface area contributed by atoms with Crippen LogP contribution in [-0.2, 0) is 12.8 Å². The summed E-state index contributed by atoms with van der Waals surface area (Å²) in [4.78, 5) is 6.64. The molecule has 0 spiro atoms. The maximum atomic E-state index is 9.40. The van der Waals surface area contributed by atoms with Gasteiger partial charge in [0.05, 0.1) is 17.8 Å². The number of hydrogen-bond donors (Lipinski definition) is 1. The molecule has 1 saturated heterocycles. The van der Waals surface area contributed by atoms with Crippen LogP contribution in [0.5, 0.6) is 5.75 Å². The van der Waals surface area contributed by atoms with Crippen molar-refractivity contribution in [1.29, 1.82) is 5.26 Å². The zero-order chi connectivity index (χ0) is 22.7. The summed E-state index contributed by atoms with van der Waals surface area (Å²) < 4.78 is 11.1. The van der Waals surface area contributed by atoms with Crippen molar-refractivity contribution in [3.05, 3.63) is 53.1 Å². The maximum Gasteiger partial charge on any atom is 0.258 e. The fourth-order valence-electron chi connectivity index (χ4n) is 4.05. The minimum atomic E-state index is -0.0324. The molecule has 0 bridgehead atoms. The van der Waals surface area contributed by atoms with Crippen LogP contribution in [0.1, 0.15) is 37.0 Å². The van der Waals surface area contributed by atoms with Gasteiger partial charge in [0.2, 0.25) is 5.82 Å². The number of aromatic nitrogens is 2. The first-order valence-corrected chi connectivity index (χ1v) is 11.0. The number of aliphatic hydroxyl groups excluding tert-OH is 1. The van der Waals surface area contributed by atoms with Crippen LogP contribution in [0, 0.1) is 11.3 Å². The highest BCUT2D eigenvalue weighted by Gasteiger charge is 2.20. The molecule has 0 amide bonds. The normalized spacial score (nSPS) is 15.5. The van der Waals surface area contributed by atoms with Crippen LogP contribution >= 0.6 is 0 Å². The van der Waals surface area contributed by atoms with Crippen LogP contribution in [0.4, 0.5) is 0 Å². The number of aliphatic hydroxyl groups is 1. The average Bonchev–Trinajstić information content (AvgIpc) is 3.43. The summed E-state index contributed by atoms with van der Waals surface area (Å²) in [7, 11) is 1.99. The molecule has 2 heterocycles. The third kappa shape index (κ3) is 4.82. The lowest BCUT2D eigenvalue weighted by Gasteiger charge is -2.31. The summed E-state index contributed by atoms with van der Waals surface area (Å²) >= 11 is 0. The Labute approximate surface area is 188 Å². The second-order valence-electron chi connectivity index (χ2n) is 8.58. The van der Waals surface area contributed by atoms with Crippen molar-refractivity contribution in [3.63, 3.8) is 0 Å². The number of ether oxygens (including phenoxy) is 1. The highest BCUT2D eigenvalue weighted by Crippen LogP contribution is 2.32. The number of nitrogens with zero attached hydrogens (tertiary/aromatic N) is 4. The minimum Gasteiger partial charge on any atom is -0.490 e. The van der Waals surface area contributed by atoms with E-state index in [1.807, 2.05) is 39.1 Å². The lowest BCUT2D eigenvalue weighted by molar-refractivity contribution is 0.0196.